The zero-order valence-electron chi connectivity index (χ0n) is 11.6. The molecule has 0 aliphatic heterocycles. The Kier molecular flexibility index (Phi) is 5.06. The van der Waals surface area contributed by atoms with Crippen LogP contribution in [0, 0.1) is 0 Å². The highest BCUT2D eigenvalue weighted by atomic mass is 32.1. The van der Waals surface area contributed by atoms with Crippen molar-refractivity contribution in [3.63, 3.8) is 0 Å². The summed E-state index contributed by atoms with van der Waals surface area (Å²) >= 11 is 1.45. The second kappa shape index (κ2) is 7.00. The second-order valence-corrected chi connectivity index (χ2v) is 5.10. The Bertz CT molecular complexity index is 557. The molecule has 0 saturated heterocycles. The van der Waals surface area contributed by atoms with Gasteiger partial charge < -0.3 is 9.64 Å². The molecule has 0 unspecified atom stereocenters. The van der Waals surface area contributed by atoms with Crippen LogP contribution >= 0.6 is 11.3 Å². The van der Waals surface area contributed by atoms with E-state index >= 15 is 0 Å². The molecule has 0 spiro atoms. The third-order valence-electron chi connectivity index (χ3n) is 2.79. The third kappa shape index (κ3) is 3.77. The van der Waals surface area contributed by atoms with Crippen LogP contribution in [0.3, 0.4) is 0 Å². The molecule has 6 heteroatoms. The molecule has 0 bridgehead atoms. The van der Waals surface area contributed by atoms with Crippen LogP contribution in [0.4, 0.5) is 5.13 Å². The minimum Gasteiger partial charge on any atom is -0.461 e. The van der Waals surface area contributed by atoms with Crippen molar-refractivity contribution >= 4 is 22.4 Å². The van der Waals surface area contributed by atoms with Gasteiger partial charge in [-0.3, -0.25) is 4.98 Å². The molecule has 0 N–H and O–H groups in total. The van der Waals surface area contributed by atoms with Gasteiger partial charge in [-0.15, -0.1) is 11.3 Å². The molecule has 5 nitrogen and oxygen atoms in total. The van der Waals surface area contributed by atoms with Crippen molar-refractivity contribution in [3.05, 3.63) is 41.2 Å². The van der Waals surface area contributed by atoms with Crippen molar-refractivity contribution in [2.45, 2.75) is 13.3 Å². The van der Waals surface area contributed by atoms with Crippen LogP contribution in [0.25, 0.3) is 0 Å². The molecule has 106 valence electrons. The van der Waals surface area contributed by atoms with E-state index in [1.807, 2.05) is 24.1 Å². The number of nitrogens with zero attached hydrogens (tertiary/aromatic N) is 3. The van der Waals surface area contributed by atoms with E-state index in [2.05, 4.69) is 9.97 Å². The van der Waals surface area contributed by atoms with E-state index in [-0.39, 0.29) is 5.97 Å². The Morgan fingerprint density at radius 2 is 2.15 bits per heavy atom. The van der Waals surface area contributed by atoms with Gasteiger partial charge >= 0.3 is 5.97 Å². The number of likely N-dealkylation sites (N-methyl/N-ethyl adjacent to an activating group) is 1. The lowest BCUT2D eigenvalue weighted by atomic mass is 10.2. The lowest BCUT2D eigenvalue weighted by Crippen LogP contribution is -2.20. The van der Waals surface area contributed by atoms with Crippen LogP contribution in [0.2, 0.25) is 0 Å². The number of aromatic nitrogens is 2. The molecule has 2 aromatic rings. The summed E-state index contributed by atoms with van der Waals surface area (Å²) in [5.74, 6) is -0.363. The smallest absolute Gasteiger partial charge is 0.357 e. The van der Waals surface area contributed by atoms with Gasteiger partial charge in [-0.25, -0.2) is 9.78 Å². The van der Waals surface area contributed by atoms with Gasteiger partial charge in [0.25, 0.3) is 0 Å². The SMILES string of the molecule is CCOC(=O)c1csc(N(C)CCc2ccncc2)n1. The molecule has 2 aromatic heterocycles. The van der Waals surface area contributed by atoms with Crippen LogP contribution in [0.15, 0.2) is 29.9 Å². The Hall–Kier alpha value is -1.95. The van der Waals surface area contributed by atoms with E-state index in [0.717, 1.165) is 18.1 Å². The number of ether oxygens (including phenoxy) is 1. The third-order valence-corrected chi connectivity index (χ3v) is 3.74. The first-order valence-corrected chi connectivity index (χ1v) is 7.31. The van der Waals surface area contributed by atoms with Gasteiger partial charge in [-0.05, 0) is 31.0 Å². The molecule has 0 radical (unpaired) electrons. The standard InChI is InChI=1S/C14H17N3O2S/c1-3-19-13(18)12-10-20-14(16-12)17(2)9-6-11-4-7-15-8-5-11/h4-5,7-8,10H,3,6,9H2,1-2H3. The Morgan fingerprint density at radius 3 is 2.85 bits per heavy atom. The van der Waals surface area contributed by atoms with Gasteiger partial charge in [0.1, 0.15) is 0 Å². The van der Waals surface area contributed by atoms with E-state index in [0.29, 0.717) is 12.3 Å². The van der Waals surface area contributed by atoms with E-state index in [1.54, 1.807) is 24.7 Å². The molecule has 0 aromatic carbocycles. The number of thiazole rings is 1. The maximum atomic E-state index is 11.6. The molecular weight excluding hydrogens is 274 g/mol. The fraction of sp³-hybridized carbons (Fsp3) is 0.357. The summed E-state index contributed by atoms with van der Waals surface area (Å²) < 4.78 is 4.93. The molecule has 0 saturated carbocycles. The molecule has 0 fully saturated rings. The van der Waals surface area contributed by atoms with Crippen molar-refractivity contribution in [2.75, 3.05) is 25.1 Å². The number of carbonyl (C=O) groups excluding carboxylic acids is 1. The molecule has 0 atom stereocenters. The van der Waals surface area contributed by atoms with Crippen molar-refractivity contribution in [1.29, 1.82) is 0 Å². The zero-order valence-corrected chi connectivity index (χ0v) is 12.4. The number of pyridine rings is 1. The fourth-order valence-corrected chi connectivity index (χ4v) is 2.47. The van der Waals surface area contributed by atoms with Crippen molar-refractivity contribution in [2.24, 2.45) is 0 Å². The van der Waals surface area contributed by atoms with Crippen LogP contribution < -0.4 is 4.90 Å². The summed E-state index contributed by atoms with van der Waals surface area (Å²) in [5.41, 5.74) is 1.61. The molecule has 0 amide bonds. The van der Waals surface area contributed by atoms with Crippen molar-refractivity contribution in [3.8, 4) is 0 Å². The number of rotatable bonds is 6. The molecule has 0 aliphatic carbocycles. The van der Waals surface area contributed by atoms with Crippen LogP contribution in [-0.2, 0) is 11.2 Å². The Labute approximate surface area is 122 Å². The minimum atomic E-state index is -0.363. The first kappa shape index (κ1) is 14.5. The van der Waals surface area contributed by atoms with Crippen molar-refractivity contribution < 1.29 is 9.53 Å². The monoisotopic (exact) mass is 291 g/mol. The van der Waals surface area contributed by atoms with Gasteiger partial charge in [-0.1, -0.05) is 0 Å². The van der Waals surface area contributed by atoms with Crippen LogP contribution in [0.5, 0.6) is 0 Å². The summed E-state index contributed by atoms with van der Waals surface area (Å²) in [7, 11) is 1.97. The predicted molar refractivity (Wildman–Crippen MR) is 79.3 cm³/mol. The lowest BCUT2D eigenvalue weighted by Gasteiger charge is -2.15. The molecule has 0 aliphatic rings. The van der Waals surface area contributed by atoms with Gasteiger partial charge in [0.2, 0.25) is 0 Å². The second-order valence-electron chi connectivity index (χ2n) is 4.26. The Balaban J connectivity index is 1.92. The molecular formula is C14H17N3O2S. The minimum absolute atomic E-state index is 0.363. The number of carbonyl (C=O) groups is 1. The fourth-order valence-electron chi connectivity index (χ4n) is 1.68. The van der Waals surface area contributed by atoms with Crippen LogP contribution in [0.1, 0.15) is 23.0 Å². The maximum absolute atomic E-state index is 11.6. The summed E-state index contributed by atoms with van der Waals surface area (Å²) in [4.78, 5) is 21.9. The topological polar surface area (TPSA) is 55.3 Å². The van der Waals surface area contributed by atoms with Crippen molar-refractivity contribution in [1.82, 2.24) is 9.97 Å². The number of esters is 1. The summed E-state index contributed by atoms with van der Waals surface area (Å²) in [6, 6.07) is 4.00. The zero-order chi connectivity index (χ0) is 14.4. The number of hydrogen-bond donors (Lipinski definition) is 0. The van der Waals surface area contributed by atoms with Gasteiger partial charge in [0.15, 0.2) is 10.8 Å². The maximum Gasteiger partial charge on any atom is 0.357 e. The lowest BCUT2D eigenvalue weighted by molar-refractivity contribution is 0.0520. The van der Waals surface area contributed by atoms with Gasteiger partial charge in [0, 0.05) is 31.4 Å². The summed E-state index contributed by atoms with van der Waals surface area (Å²) in [6.45, 7) is 2.98. The molecule has 2 heterocycles. The van der Waals surface area contributed by atoms with Gasteiger partial charge in [-0.2, -0.15) is 0 Å². The first-order valence-electron chi connectivity index (χ1n) is 6.43. The molecule has 2 rings (SSSR count). The largest absolute Gasteiger partial charge is 0.461 e. The Morgan fingerprint density at radius 1 is 1.40 bits per heavy atom. The first-order chi connectivity index (χ1) is 9.70. The normalized spacial score (nSPS) is 10.3. The van der Waals surface area contributed by atoms with E-state index < -0.39 is 0 Å². The highest BCUT2D eigenvalue weighted by molar-refractivity contribution is 7.13. The average Bonchev–Trinajstić information content (AvgIpc) is 2.96. The highest BCUT2D eigenvalue weighted by Crippen LogP contribution is 2.20. The van der Waals surface area contributed by atoms with E-state index in [9.17, 15) is 4.79 Å². The number of hydrogen-bond acceptors (Lipinski definition) is 6. The summed E-state index contributed by atoms with van der Waals surface area (Å²) in [5, 5.41) is 2.55. The van der Waals surface area contributed by atoms with Crippen LogP contribution in [-0.4, -0.2) is 36.1 Å². The van der Waals surface area contributed by atoms with Gasteiger partial charge in [0.05, 0.1) is 6.61 Å². The van der Waals surface area contributed by atoms with E-state index in [4.69, 9.17) is 4.74 Å². The van der Waals surface area contributed by atoms with E-state index in [1.165, 1.54) is 16.9 Å². The summed E-state index contributed by atoms with van der Waals surface area (Å²) in [6.07, 6.45) is 4.49. The quantitative estimate of drug-likeness (QED) is 0.765. The molecule has 20 heavy (non-hydrogen) atoms. The number of anilines is 1. The highest BCUT2D eigenvalue weighted by Gasteiger charge is 2.13. The average molecular weight is 291 g/mol. The predicted octanol–water partition coefficient (Wildman–Crippen LogP) is 2.39.